The maximum Gasteiger partial charge on any atom is 0 e. The largest absolute Gasteiger partial charge is 0.665 e. The molecule has 0 heterocycles. The Morgan fingerprint density at radius 2 is 1.50 bits per heavy atom. The topological polar surface area (TPSA) is 37.3 Å². The summed E-state index contributed by atoms with van der Waals surface area (Å²) in [5.41, 5.74) is 0. The van der Waals surface area contributed by atoms with Gasteiger partial charge in [-0.3, -0.25) is 0 Å². The van der Waals surface area contributed by atoms with Gasteiger partial charge in [0.1, 0.15) is 0 Å². The summed E-state index contributed by atoms with van der Waals surface area (Å²) in [5.74, 6) is 0. The molecule has 0 fully saturated rings. The molecule has 8 heavy (non-hydrogen) atoms. The van der Waals surface area contributed by atoms with E-state index in [1.54, 1.807) is 0 Å². The predicted octanol–water partition coefficient (Wildman–Crippen LogP) is 0.837. The van der Waals surface area contributed by atoms with Crippen molar-refractivity contribution < 1.29 is 49.5 Å². The molecular formula is C4H8O2VW-2. The van der Waals surface area contributed by atoms with Crippen LogP contribution in [0, 0.1) is 6.42 Å². The van der Waals surface area contributed by atoms with Gasteiger partial charge in [0.05, 0.1) is 0 Å². The fraction of sp³-hybridized carbons (Fsp3) is 0.500. The fourth-order valence-electron chi connectivity index (χ4n) is 0. The van der Waals surface area contributed by atoms with Crippen LogP contribution in [0.2, 0.25) is 0 Å². The van der Waals surface area contributed by atoms with Crippen LogP contribution < -0.4 is 0 Å². The average molecular weight is 323 g/mol. The van der Waals surface area contributed by atoms with Gasteiger partial charge >= 0.3 is 0 Å². The van der Waals surface area contributed by atoms with E-state index in [0.717, 1.165) is 0 Å². The zero-order valence-corrected chi connectivity index (χ0v) is 9.12. The second-order valence-corrected chi connectivity index (χ2v) is 0.669. The van der Waals surface area contributed by atoms with Gasteiger partial charge in [0, 0.05) is 39.6 Å². The second kappa shape index (κ2) is 46.8. The van der Waals surface area contributed by atoms with E-state index < -0.39 is 0 Å². The third-order valence-electron chi connectivity index (χ3n) is 0. The summed E-state index contributed by atoms with van der Waals surface area (Å²) in [6, 6.07) is 0. The Hall–Kier alpha value is 0.743. The van der Waals surface area contributed by atoms with Crippen LogP contribution in [0.15, 0.2) is 0 Å². The summed E-state index contributed by atoms with van der Waals surface area (Å²) in [4.78, 5) is 8.24. The van der Waals surface area contributed by atoms with Crippen LogP contribution in [0.3, 0.4) is 0 Å². The summed E-state index contributed by atoms with van der Waals surface area (Å²) >= 11 is 0. The monoisotopic (exact) mass is 323 g/mol. The first-order valence-electron chi connectivity index (χ1n) is 1.58. The van der Waals surface area contributed by atoms with Crippen molar-refractivity contribution in [3.63, 3.8) is 0 Å². The molecule has 1 N–H and O–H groups in total. The standard InChI is InChI=1S/C3H7.CHO2.V.W/c1-3-2;2-1-3;;/h3H,1-2H3;(H,2,3);;/q2*-1;;. The molecule has 0 saturated carbocycles. The Kier molecular flexibility index (Phi) is 136. The molecular weight excluding hydrogens is 315 g/mol. The van der Waals surface area contributed by atoms with Crippen molar-refractivity contribution >= 4 is 6.47 Å². The van der Waals surface area contributed by atoms with Gasteiger partial charge < -0.3 is 16.3 Å². The summed E-state index contributed by atoms with van der Waals surface area (Å²) in [5, 5.41) is 6.76. The molecule has 0 aromatic heterocycles. The molecule has 0 aliphatic heterocycles. The molecule has 0 aromatic carbocycles. The van der Waals surface area contributed by atoms with Gasteiger partial charge in [-0.15, -0.1) is 0 Å². The average Bonchev–Trinajstić information content (AvgIpc) is 1.39. The number of rotatable bonds is 0. The Bertz CT molecular complexity index is 28.0. The maximum absolute atomic E-state index is 8.24. The molecule has 0 aromatic rings. The van der Waals surface area contributed by atoms with Crippen molar-refractivity contribution in [3.8, 4) is 0 Å². The molecule has 0 spiro atoms. The SMILES string of the molecule is C[CH-]C.O=[C-]O.[V].[W]. The number of aliphatic hydroxyl groups excluding tert-OH is 1. The number of hydrogen-bond donors (Lipinski definition) is 1. The Labute approximate surface area is 76.2 Å². The molecule has 1 radical (unpaired) electrons. The Balaban J connectivity index is -0.0000000160. The van der Waals surface area contributed by atoms with Gasteiger partial charge in [-0.1, -0.05) is 6.47 Å². The quantitative estimate of drug-likeness (QED) is 0.671. The van der Waals surface area contributed by atoms with Crippen molar-refractivity contribution in [2.75, 3.05) is 0 Å². The Morgan fingerprint density at radius 3 is 1.50 bits per heavy atom. The minimum Gasteiger partial charge on any atom is -0.665 e. The van der Waals surface area contributed by atoms with Crippen molar-refractivity contribution in [2.24, 2.45) is 0 Å². The van der Waals surface area contributed by atoms with E-state index in [1.165, 1.54) is 0 Å². The van der Waals surface area contributed by atoms with Crippen LogP contribution >= 0.6 is 0 Å². The van der Waals surface area contributed by atoms with Crippen molar-refractivity contribution in [3.05, 3.63) is 6.42 Å². The van der Waals surface area contributed by atoms with E-state index in [0.29, 0.717) is 6.47 Å². The van der Waals surface area contributed by atoms with Crippen LogP contribution in [-0.4, -0.2) is 11.6 Å². The third kappa shape index (κ3) is 403. The van der Waals surface area contributed by atoms with Crippen LogP contribution in [0.5, 0.6) is 0 Å². The third-order valence-corrected chi connectivity index (χ3v) is 0. The molecule has 2 nitrogen and oxygen atoms in total. The molecule has 0 aliphatic carbocycles. The normalized spacial score (nSPS) is 3.75. The van der Waals surface area contributed by atoms with E-state index in [2.05, 4.69) is 0 Å². The first-order chi connectivity index (χ1) is 2.83. The summed E-state index contributed by atoms with van der Waals surface area (Å²) < 4.78 is 0. The van der Waals surface area contributed by atoms with Gasteiger partial charge in [-0.25, -0.2) is 0 Å². The fourth-order valence-corrected chi connectivity index (χ4v) is 0. The molecule has 4 heteroatoms. The van der Waals surface area contributed by atoms with Crippen LogP contribution in [0.4, 0.5) is 0 Å². The zero-order chi connectivity index (χ0) is 5.41. The van der Waals surface area contributed by atoms with Gasteiger partial charge in [-0.2, -0.15) is 13.8 Å². The molecule has 49 valence electrons. The predicted molar refractivity (Wildman–Crippen MR) is 24.0 cm³/mol. The molecule has 0 amide bonds. The minimum atomic E-state index is 0. The molecule has 0 unspecified atom stereocenters. The van der Waals surface area contributed by atoms with Gasteiger partial charge in [0.15, 0.2) is 0 Å². The van der Waals surface area contributed by atoms with Crippen molar-refractivity contribution in [1.82, 2.24) is 0 Å². The molecule has 0 rings (SSSR count). The first-order valence-corrected chi connectivity index (χ1v) is 1.58. The van der Waals surface area contributed by atoms with Crippen molar-refractivity contribution in [2.45, 2.75) is 13.8 Å². The van der Waals surface area contributed by atoms with E-state index >= 15 is 0 Å². The summed E-state index contributed by atoms with van der Waals surface area (Å²) in [7, 11) is 0. The zero-order valence-electron chi connectivity index (χ0n) is 4.79. The van der Waals surface area contributed by atoms with E-state index in [9.17, 15) is 0 Å². The first kappa shape index (κ1) is 23.3. The molecule has 0 saturated heterocycles. The smallest absolute Gasteiger partial charge is 0 e. The minimum absolute atomic E-state index is 0. The number of hydrogen-bond acceptors (Lipinski definition) is 1. The van der Waals surface area contributed by atoms with Gasteiger partial charge in [0.25, 0.3) is 0 Å². The summed E-state index contributed by atoms with van der Waals surface area (Å²) in [6.45, 7) is 4.50. The summed E-state index contributed by atoms with van der Waals surface area (Å²) in [6.07, 6.45) is 2.00. The van der Waals surface area contributed by atoms with E-state index in [-0.39, 0.29) is 39.6 Å². The molecule has 0 atom stereocenters. The van der Waals surface area contributed by atoms with Crippen LogP contribution in [0.25, 0.3) is 0 Å². The van der Waals surface area contributed by atoms with Gasteiger partial charge in [0.2, 0.25) is 0 Å². The molecule has 0 aliphatic rings. The van der Waals surface area contributed by atoms with Crippen LogP contribution in [-0.2, 0) is 44.4 Å². The van der Waals surface area contributed by atoms with E-state index in [1.807, 2.05) is 20.3 Å². The van der Waals surface area contributed by atoms with E-state index in [4.69, 9.17) is 9.90 Å². The maximum atomic E-state index is 8.24. The van der Waals surface area contributed by atoms with Gasteiger partial charge in [-0.05, 0) is 0 Å². The Morgan fingerprint density at radius 1 is 1.50 bits per heavy atom. The molecule has 0 bridgehead atoms. The van der Waals surface area contributed by atoms with Crippen LogP contribution in [0.1, 0.15) is 13.8 Å². The second-order valence-electron chi connectivity index (χ2n) is 0.669. The van der Waals surface area contributed by atoms with Crippen molar-refractivity contribution in [1.29, 1.82) is 0 Å².